The lowest BCUT2D eigenvalue weighted by Gasteiger charge is -2.15. The van der Waals surface area contributed by atoms with Gasteiger partial charge in [-0.25, -0.2) is 4.79 Å². The van der Waals surface area contributed by atoms with Crippen molar-refractivity contribution in [2.75, 3.05) is 12.4 Å². The third-order valence-electron chi connectivity index (χ3n) is 4.35. The summed E-state index contributed by atoms with van der Waals surface area (Å²) in [5.41, 5.74) is 2.21. The van der Waals surface area contributed by atoms with Gasteiger partial charge in [0.25, 0.3) is 5.91 Å². The Hall–Kier alpha value is -3.61. The highest BCUT2D eigenvalue weighted by molar-refractivity contribution is 5.98. The first-order valence-electron chi connectivity index (χ1n) is 8.99. The smallest absolute Gasteiger partial charge is 0.375 e. The summed E-state index contributed by atoms with van der Waals surface area (Å²) in [5, 5.41) is 3.05. The van der Waals surface area contributed by atoms with Gasteiger partial charge in [0.2, 0.25) is 5.76 Å². The van der Waals surface area contributed by atoms with Crippen molar-refractivity contribution in [2.24, 2.45) is 0 Å². The van der Waals surface area contributed by atoms with E-state index >= 15 is 0 Å². The van der Waals surface area contributed by atoms with Gasteiger partial charge in [-0.1, -0.05) is 17.7 Å². The number of anilines is 1. The molecular weight excluding hydrogens is 374 g/mol. The number of fused-ring (bicyclic) bond motifs is 1. The molecule has 0 radical (unpaired) electrons. The Bertz CT molecular complexity index is 1150. The summed E-state index contributed by atoms with van der Waals surface area (Å²) < 4.78 is 15.9. The summed E-state index contributed by atoms with van der Waals surface area (Å²) >= 11 is 0. The van der Waals surface area contributed by atoms with E-state index in [9.17, 15) is 14.4 Å². The van der Waals surface area contributed by atoms with Gasteiger partial charge < -0.3 is 19.2 Å². The molecule has 0 unspecified atom stereocenters. The Morgan fingerprint density at radius 3 is 2.45 bits per heavy atom. The second-order valence-corrected chi connectivity index (χ2v) is 6.72. The standard InChI is InChI=1S/C22H21NO6/c1-12-5-7-18-15(9-12)17(24)11-20(29-18)22(26)28-14(3)21(25)23-16-10-13(2)6-8-19(16)27-4/h5-11,14H,1-4H3,(H,23,25)/t14-/m1/s1. The average molecular weight is 395 g/mol. The van der Waals surface area contributed by atoms with E-state index in [0.717, 1.165) is 17.2 Å². The first-order valence-corrected chi connectivity index (χ1v) is 8.99. The van der Waals surface area contributed by atoms with Gasteiger partial charge in [-0.3, -0.25) is 9.59 Å². The average Bonchev–Trinajstić information content (AvgIpc) is 2.68. The molecule has 0 spiro atoms. The van der Waals surface area contributed by atoms with E-state index in [4.69, 9.17) is 13.9 Å². The van der Waals surface area contributed by atoms with Gasteiger partial charge >= 0.3 is 5.97 Å². The quantitative estimate of drug-likeness (QED) is 0.663. The van der Waals surface area contributed by atoms with Crippen LogP contribution in [0.15, 0.2) is 51.7 Å². The summed E-state index contributed by atoms with van der Waals surface area (Å²) in [6.07, 6.45) is -1.12. The second-order valence-electron chi connectivity index (χ2n) is 6.72. The molecular formula is C22H21NO6. The number of ether oxygens (including phenoxy) is 2. The molecule has 0 aliphatic heterocycles. The number of esters is 1. The largest absolute Gasteiger partial charge is 0.495 e. The van der Waals surface area contributed by atoms with Crippen LogP contribution in [-0.2, 0) is 9.53 Å². The van der Waals surface area contributed by atoms with Crippen molar-refractivity contribution in [3.63, 3.8) is 0 Å². The van der Waals surface area contributed by atoms with E-state index in [1.807, 2.05) is 19.9 Å². The van der Waals surface area contributed by atoms with E-state index in [1.165, 1.54) is 14.0 Å². The maximum absolute atomic E-state index is 12.4. The van der Waals surface area contributed by atoms with Gasteiger partial charge in [-0.05, 0) is 50.6 Å². The maximum Gasteiger partial charge on any atom is 0.375 e. The van der Waals surface area contributed by atoms with Crippen LogP contribution < -0.4 is 15.5 Å². The maximum atomic E-state index is 12.4. The van der Waals surface area contributed by atoms with Crippen molar-refractivity contribution >= 4 is 28.5 Å². The molecule has 2 aromatic carbocycles. The van der Waals surface area contributed by atoms with Gasteiger partial charge in [-0.2, -0.15) is 0 Å². The molecule has 0 aliphatic rings. The number of amides is 1. The number of hydrogen-bond donors (Lipinski definition) is 1. The van der Waals surface area contributed by atoms with Gasteiger partial charge in [0.1, 0.15) is 11.3 Å². The van der Waals surface area contributed by atoms with Crippen molar-refractivity contribution in [2.45, 2.75) is 26.9 Å². The minimum Gasteiger partial charge on any atom is -0.495 e. The molecule has 0 aliphatic carbocycles. The molecule has 3 rings (SSSR count). The minimum absolute atomic E-state index is 0.265. The molecule has 0 saturated heterocycles. The summed E-state index contributed by atoms with van der Waals surface area (Å²) in [4.78, 5) is 37.1. The number of methoxy groups -OCH3 is 1. The Morgan fingerprint density at radius 2 is 1.72 bits per heavy atom. The molecule has 1 aromatic heterocycles. The lowest BCUT2D eigenvalue weighted by Crippen LogP contribution is -2.30. The van der Waals surface area contributed by atoms with Crippen LogP contribution in [0.2, 0.25) is 0 Å². The molecule has 0 fully saturated rings. The van der Waals surface area contributed by atoms with Crippen molar-refractivity contribution in [1.29, 1.82) is 0 Å². The van der Waals surface area contributed by atoms with Crippen LogP contribution in [0.5, 0.6) is 5.75 Å². The van der Waals surface area contributed by atoms with Crippen LogP contribution in [0.4, 0.5) is 5.69 Å². The predicted molar refractivity (Wildman–Crippen MR) is 108 cm³/mol. The number of aryl methyl sites for hydroxylation is 2. The minimum atomic E-state index is -1.12. The molecule has 7 nitrogen and oxygen atoms in total. The monoisotopic (exact) mass is 395 g/mol. The number of rotatable bonds is 5. The van der Waals surface area contributed by atoms with Crippen LogP contribution in [0.3, 0.4) is 0 Å². The molecule has 29 heavy (non-hydrogen) atoms. The topological polar surface area (TPSA) is 94.8 Å². The second kappa shape index (κ2) is 8.18. The molecule has 1 amide bonds. The molecule has 0 bridgehead atoms. The third-order valence-corrected chi connectivity index (χ3v) is 4.35. The van der Waals surface area contributed by atoms with Crippen LogP contribution in [0, 0.1) is 13.8 Å². The van der Waals surface area contributed by atoms with Crippen LogP contribution in [0.1, 0.15) is 28.6 Å². The summed E-state index contributed by atoms with van der Waals surface area (Å²) in [6, 6.07) is 11.5. The Labute approximate surface area is 167 Å². The van der Waals surface area contributed by atoms with Crippen LogP contribution >= 0.6 is 0 Å². The van der Waals surface area contributed by atoms with Gasteiger partial charge in [0, 0.05) is 6.07 Å². The lowest BCUT2D eigenvalue weighted by molar-refractivity contribution is -0.123. The highest BCUT2D eigenvalue weighted by Gasteiger charge is 2.22. The van der Waals surface area contributed by atoms with Gasteiger partial charge in [0.15, 0.2) is 11.5 Å². The van der Waals surface area contributed by atoms with Crippen LogP contribution in [0.25, 0.3) is 11.0 Å². The van der Waals surface area contributed by atoms with E-state index in [0.29, 0.717) is 16.8 Å². The summed E-state index contributed by atoms with van der Waals surface area (Å²) in [7, 11) is 1.49. The number of benzene rings is 2. The zero-order chi connectivity index (χ0) is 21.1. The van der Waals surface area contributed by atoms with E-state index in [-0.39, 0.29) is 16.8 Å². The fourth-order valence-electron chi connectivity index (χ4n) is 2.80. The van der Waals surface area contributed by atoms with Crippen LogP contribution in [-0.4, -0.2) is 25.1 Å². The first-order chi connectivity index (χ1) is 13.8. The molecule has 7 heteroatoms. The third kappa shape index (κ3) is 4.45. The fraction of sp³-hybridized carbons (Fsp3) is 0.227. The van der Waals surface area contributed by atoms with E-state index in [1.54, 1.807) is 30.3 Å². The van der Waals surface area contributed by atoms with Crippen molar-refractivity contribution in [3.05, 3.63) is 69.6 Å². The lowest BCUT2D eigenvalue weighted by atomic mass is 10.1. The number of carbonyl (C=O) groups excluding carboxylic acids is 2. The zero-order valence-corrected chi connectivity index (χ0v) is 16.6. The van der Waals surface area contributed by atoms with Crippen molar-refractivity contribution < 1.29 is 23.5 Å². The van der Waals surface area contributed by atoms with Crippen molar-refractivity contribution in [3.8, 4) is 5.75 Å². The van der Waals surface area contributed by atoms with Gasteiger partial charge in [-0.15, -0.1) is 0 Å². The molecule has 1 heterocycles. The zero-order valence-electron chi connectivity index (χ0n) is 16.6. The Kier molecular flexibility index (Phi) is 5.68. The molecule has 0 saturated carbocycles. The molecule has 150 valence electrons. The highest BCUT2D eigenvalue weighted by Crippen LogP contribution is 2.25. The predicted octanol–water partition coefficient (Wildman–Crippen LogP) is 3.60. The molecule has 1 N–H and O–H groups in total. The molecule has 1 atom stereocenters. The number of carbonyl (C=O) groups is 2. The fourth-order valence-corrected chi connectivity index (χ4v) is 2.80. The number of nitrogens with one attached hydrogen (secondary N) is 1. The Morgan fingerprint density at radius 1 is 1.03 bits per heavy atom. The Balaban J connectivity index is 1.76. The van der Waals surface area contributed by atoms with E-state index in [2.05, 4.69) is 5.32 Å². The first kappa shape index (κ1) is 20.1. The summed E-state index contributed by atoms with van der Waals surface area (Å²) in [5.74, 6) is -1.22. The van der Waals surface area contributed by atoms with E-state index < -0.39 is 18.0 Å². The number of hydrogen-bond acceptors (Lipinski definition) is 6. The highest BCUT2D eigenvalue weighted by atomic mass is 16.6. The van der Waals surface area contributed by atoms with Gasteiger partial charge in [0.05, 0.1) is 18.2 Å². The SMILES string of the molecule is COc1ccc(C)cc1NC(=O)[C@@H](C)OC(=O)c1cc(=O)c2cc(C)ccc2o1. The normalized spacial score (nSPS) is 11.7. The van der Waals surface area contributed by atoms with Crippen molar-refractivity contribution in [1.82, 2.24) is 0 Å². The molecule has 3 aromatic rings. The summed E-state index contributed by atoms with van der Waals surface area (Å²) in [6.45, 7) is 5.16.